The minimum absolute atomic E-state index is 0.182. The van der Waals surface area contributed by atoms with Gasteiger partial charge in [-0.1, -0.05) is 0 Å². The van der Waals surface area contributed by atoms with Crippen molar-refractivity contribution in [2.75, 3.05) is 18.0 Å². The van der Waals surface area contributed by atoms with E-state index in [4.69, 9.17) is 4.52 Å². The van der Waals surface area contributed by atoms with Gasteiger partial charge in [-0.05, 0) is 31.8 Å². The molecule has 1 aromatic rings. The summed E-state index contributed by atoms with van der Waals surface area (Å²) in [6, 6.07) is 0. The molecule has 5 heteroatoms. The molecule has 0 aromatic carbocycles. The number of anilines is 1. The van der Waals surface area contributed by atoms with Crippen molar-refractivity contribution in [2.24, 2.45) is 0 Å². The topological polar surface area (TPSA) is 62.4 Å². The monoisotopic (exact) mass is 211 g/mol. The van der Waals surface area contributed by atoms with Crippen LogP contribution in [0.3, 0.4) is 0 Å². The maximum absolute atomic E-state index is 9.19. The van der Waals surface area contributed by atoms with E-state index >= 15 is 0 Å². The number of nitrogens with zero attached hydrogens (tertiary/aromatic N) is 3. The number of aromatic nitrogens is 2. The van der Waals surface area contributed by atoms with Gasteiger partial charge in [0.2, 0.25) is 5.89 Å². The van der Waals surface area contributed by atoms with Crippen molar-refractivity contribution in [1.82, 2.24) is 10.1 Å². The zero-order valence-corrected chi connectivity index (χ0v) is 9.18. The Labute approximate surface area is 89.1 Å². The summed E-state index contributed by atoms with van der Waals surface area (Å²) in [5.41, 5.74) is 0. The molecule has 1 heterocycles. The molecule has 2 rings (SSSR count). The Morgan fingerprint density at radius 2 is 2.07 bits per heavy atom. The lowest BCUT2D eigenvalue weighted by Gasteiger charge is -2.27. The summed E-state index contributed by atoms with van der Waals surface area (Å²) in [4.78, 5) is 6.39. The Bertz CT molecular complexity index is 316. The Morgan fingerprint density at radius 1 is 1.40 bits per heavy atom. The summed E-state index contributed by atoms with van der Waals surface area (Å²) in [6.45, 7) is 5.88. The van der Waals surface area contributed by atoms with E-state index < -0.39 is 0 Å². The van der Waals surface area contributed by atoms with Gasteiger partial charge in [0.25, 0.3) is 5.95 Å². The van der Waals surface area contributed by atoms with E-state index in [-0.39, 0.29) is 12.0 Å². The number of aliphatic hydroxyl groups is 1. The highest BCUT2D eigenvalue weighted by atomic mass is 16.5. The summed E-state index contributed by atoms with van der Waals surface area (Å²) in [5.74, 6) is 1.59. The summed E-state index contributed by atoms with van der Waals surface area (Å²) >= 11 is 0. The second-order valence-corrected chi connectivity index (χ2v) is 3.93. The Balaban J connectivity index is 2.03. The van der Waals surface area contributed by atoms with Crippen LogP contribution in [0, 0.1) is 0 Å². The highest BCUT2D eigenvalue weighted by Gasteiger charge is 2.33. The fraction of sp³-hybridized carbons (Fsp3) is 0.800. The summed E-state index contributed by atoms with van der Waals surface area (Å²) < 4.78 is 5.19. The number of rotatable bonds is 4. The van der Waals surface area contributed by atoms with Gasteiger partial charge >= 0.3 is 0 Å². The van der Waals surface area contributed by atoms with Gasteiger partial charge in [0.15, 0.2) is 0 Å². The van der Waals surface area contributed by atoms with Crippen molar-refractivity contribution in [3.05, 3.63) is 5.89 Å². The molecule has 5 nitrogen and oxygen atoms in total. The fourth-order valence-corrected chi connectivity index (χ4v) is 1.82. The molecule has 0 spiro atoms. The Morgan fingerprint density at radius 3 is 2.60 bits per heavy atom. The number of hydrogen-bond donors (Lipinski definition) is 1. The van der Waals surface area contributed by atoms with Gasteiger partial charge in [-0.3, -0.25) is 0 Å². The van der Waals surface area contributed by atoms with Crippen molar-refractivity contribution in [3.63, 3.8) is 0 Å². The van der Waals surface area contributed by atoms with Crippen LogP contribution in [0.5, 0.6) is 0 Å². The molecule has 0 unspecified atom stereocenters. The Hall–Kier alpha value is -1.10. The molecule has 0 aliphatic heterocycles. The van der Waals surface area contributed by atoms with Crippen LogP contribution in [0.15, 0.2) is 4.52 Å². The van der Waals surface area contributed by atoms with Crippen LogP contribution >= 0.6 is 0 Å². The van der Waals surface area contributed by atoms with Gasteiger partial charge in [-0.15, -0.1) is 0 Å². The first-order chi connectivity index (χ1) is 7.24. The highest BCUT2D eigenvalue weighted by molar-refractivity contribution is 5.27. The molecule has 84 valence electrons. The van der Waals surface area contributed by atoms with E-state index in [9.17, 15) is 5.11 Å². The standard InChI is InChI=1S/C10H17N3O2/c1-3-13(4-2)10-11-9(15-12-10)7-5-8(14)6-7/h7-8,14H,3-6H2,1-2H3. The second kappa shape index (κ2) is 4.18. The van der Waals surface area contributed by atoms with Crippen LogP contribution in [0.2, 0.25) is 0 Å². The number of aliphatic hydroxyl groups excluding tert-OH is 1. The van der Waals surface area contributed by atoms with E-state index in [0.29, 0.717) is 11.8 Å². The summed E-state index contributed by atoms with van der Waals surface area (Å²) in [5, 5.41) is 13.1. The van der Waals surface area contributed by atoms with E-state index in [1.54, 1.807) is 0 Å². The van der Waals surface area contributed by atoms with Gasteiger partial charge in [-0.2, -0.15) is 4.98 Å². The van der Waals surface area contributed by atoms with Crippen LogP contribution in [0.1, 0.15) is 38.5 Å². The zero-order chi connectivity index (χ0) is 10.8. The van der Waals surface area contributed by atoms with Crippen molar-refractivity contribution in [1.29, 1.82) is 0 Å². The third-order valence-corrected chi connectivity index (χ3v) is 2.94. The maximum Gasteiger partial charge on any atom is 0.266 e. The van der Waals surface area contributed by atoms with Gasteiger partial charge in [0, 0.05) is 19.0 Å². The first-order valence-corrected chi connectivity index (χ1v) is 5.51. The molecule has 0 saturated heterocycles. The zero-order valence-electron chi connectivity index (χ0n) is 9.18. The average molecular weight is 211 g/mol. The first kappa shape index (κ1) is 10.4. The molecule has 0 amide bonds. The van der Waals surface area contributed by atoms with Crippen molar-refractivity contribution in [3.8, 4) is 0 Å². The van der Waals surface area contributed by atoms with Crippen molar-refractivity contribution in [2.45, 2.75) is 38.7 Å². The largest absolute Gasteiger partial charge is 0.393 e. The summed E-state index contributed by atoms with van der Waals surface area (Å²) in [7, 11) is 0. The molecule has 0 bridgehead atoms. The highest BCUT2D eigenvalue weighted by Crippen LogP contribution is 2.36. The van der Waals surface area contributed by atoms with Gasteiger partial charge in [0.05, 0.1) is 6.10 Å². The lowest BCUT2D eigenvalue weighted by atomic mass is 9.82. The SMILES string of the molecule is CCN(CC)c1noc(C2CC(O)C2)n1. The van der Waals surface area contributed by atoms with E-state index in [1.165, 1.54) is 0 Å². The van der Waals surface area contributed by atoms with E-state index in [2.05, 4.69) is 24.0 Å². The molecule has 1 fully saturated rings. The van der Waals surface area contributed by atoms with Crippen LogP contribution in [0.4, 0.5) is 5.95 Å². The Kier molecular flexibility index (Phi) is 2.90. The van der Waals surface area contributed by atoms with E-state index in [0.717, 1.165) is 25.9 Å². The van der Waals surface area contributed by atoms with Crippen LogP contribution in [0.25, 0.3) is 0 Å². The van der Waals surface area contributed by atoms with Crippen molar-refractivity contribution >= 4 is 5.95 Å². The normalized spacial score (nSPS) is 25.0. The molecular formula is C10H17N3O2. The minimum Gasteiger partial charge on any atom is -0.393 e. The maximum atomic E-state index is 9.19. The smallest absolute Gasteiger partial charge is 0.266 e. The predicted octanol–water partition coefficient (Wildman–Crippen LogP) is 1.15. The third kappa shape index (κ3) is 1.97. The fourth-order valence-electron chi connectivity index (χ4n) is 1.82. The summed E-state index contributed by atoms with van der Waals surface area (Å²) in [6.07, 6.45) is 1.32. The first-order valence-electron chi connectivity index (χ1n) is 5.51. The minimum atomic E-state index is -0.182. The second-order valence-electron chi connectivity index (χ2n) is 3.93. The lowest BCUT2D eigenvalue weighted by Crippen LogP contribution is -2.27. The lowest BCUT2D eigenvalue weighted by molar-refractivity contribution is 0.0625. The average Bonchev–Trinajstić information content (AvgIpc) is 2.64. The molecule has 1 saturated carbocycles. The molecule has 1 aromatic heterocycles. The third-order valence-electron chi connectivity index (χ3n) is 2.94. The molecule has 1 N–H and O–H groups in total. The van der Waals surface area contributed by atoms with Crippen LogP contribution in [-0.4, -0.2) is 34.4 Å². The molecule has 1 aliphatic rings. The van der Waals surface area contributed by atoms with Gasteiger partial charge in [0.1, 0.15) is 0 Å². The van der Waals surface area contributed by atoms with Gasteiger partial charge < -0.3 is 14.5 Å². The molecule has 0 radical (unpaired) electrons. The number of hydrogen-bond acceptors (Lipinski definition) is 5. The molecular weight excluding hydrogens is 194 g/mol. The quantitative estimate of drug-likeness (QED) is 0.809. The van der Waals surface area contributed by atoms with Gasteiger partial charge in [-0.25, -0.2) is 0 Å². The van der Waals surface area contributed by atoms with Crippen LogP contribution < -0.4 is 4.90 Å². The predicted molar refractivity (Wildman–Crippen MR) is 55.8 cm³/mol. The molecule has 0 atom stereocenters. The van der Waals surface area contributed by atoms with E-state index in [1.807, 2.05) is 4.90 Å². The van der Waals surface area contributed by atoms with Crippen molar-refractivity contribution < 1.29 is 9.63 Å². The van der Waals surface area contributed by atoms with Crippen LogP contribution in [-0.2, 0) is 0 Å². The molecule has 1 aliphatic carbocycles. The molecule has 15 heavy (non-hydrogen) atoms.